The predicted molar refractivity (Wildman–Crippen MR) is 56.0 cm³/mol. The first-order chi connectivity index (χ1) is 6.77. The van der Waals surface area contributed by atoms with Crippen molar-refractivity contribution in [1.82, 2.24) is 10.2 Å². The molecule has 2 fully saturated rings. The lowest BCUT2D eigenvalue weighted by molar-refractivity contribution is -0.128. The van der Waals surface area contributed by atoms with Crippen LogP contribution < -0.4 is 5.32 Å². The minimum atomic E-state index is 0.364. The summed E-state index contributed by atoms with van der Waals surface area (Å²) in [5.41, 5.74) is 0. The smallest absolute Gasteiger partial charge is 0.222 e. The zero-order valence-electron chi connectivity index (χ0n) is 8.96. The van der Waals surface area contributed by atoms with Crippen LogP contribution in [-0.4, -0.2) is 37.0 Å². The van der Waals surface area contributed by atoms with E-state index in [9.17, 15) is 4.79 Å². The lowest BCUT2D eigenvalue weighted by Gasteiger charge is -2.32. The standard InChI is InChI=1S/C11H20N2O/c1-9-4-5-12-7-10(9)8-13-6-2-3-11(13)14/h9-10,12H,2-8H2,1H3. The van der Waals surface area contributed by atoms with Gasteiger partial charge in [0.25, 0.3) is 0 Å². The Bertz CT molecular complexity index is 217. The van der Waals surface area contributed by atoms with Crippen LogP contribution in [0.1, 0.15) is 26.2 Å². The van der Waals surface area contributed by atoms with Crippen molar-refractivity contribution in [2.45, 2.75) is 26.2 Å². The highest BCUT2D eigenvalue weighted by atomic mass is 16.2. The maximum atomic E-state index is 11.5. The van der Waals surface area contributed by atoms with E-state index in [-0.39, 0.29) is 0 Å². The molecule has 80 valence electrons. The first-order valence-electron chi connectivity index (χ1n) is 5.76. The Morgan fingerprint density at radius 1 is 1.57 bits per heavy atom. The number of carbonyl (C=O) groups excluding carboxylic acids is 1. The first kappa shape index (κ1) is 9.97. The molecule has 14 heavy (non-hydrogen) atoms. The number of nitrogens with one attached hydrogen (secondary N) is 1. The number of rotatable bonds is 2. The van der Waals surface area contributed by atoms with Gasteiger partial charge in [0.15, 0.2) is 0 Å². The number of amides is 1. The topological polar surface area (TPSA) is 32.3 Å². The molecule has 2 unspecified atom stereocenters. The molecule has 0 aromatic carbocycles. The van der Waals surface area contributed by atoms with E-state index in [4.69, 9.17) is 0 Å². The summed E-state index contributed by atoms with van der Waals surface area (Å²) in [5, 5.41) is 3.42. The van der Waals surface area contributed by atoms with E-state index in [1.165, 1.54) is 6.42 Å². The number of likely N-dealkylation sites (tertiary alicyclic amines) is 1. The minimum absolute atomic E-state index is 0.364. The molecular weight excluding hydrogens is 176 g/mol. The number of hydrogen-bond donors (Lipinski definition) is 1. The van der Waals surface area contributed by atoms with Crippen molar-refractivity contribution in [2.75, 3.05) is 26.2 Å². The van der Waals surface area contributed by atoms with E-state index >= 15 is 0 Å². The van der Waals surface area contributed by atoms with Crippen LogP contribution in [0.15, 0.2) is 0 Å². The highest BCUT2D eigenvalue weighted by Gasteiger charge is 2.27. The third-order valence-electron chi connectivity index (χ3n) is 3.61. The molecule has 2 heterocycles. The number of hydrogen-bond acceptors (Lipinski definition) is 2. The molecule has 1 N–H and O–H groups in total. The summed E-state index contributed by atoms with van der Waals surface area (Å²) < 4.78 is 0. The zero-order valence-corrected chi connectivity index (χ0v) is 8.96. The van der Waals surface area contributed by atoms with Gasteiger partial charge in [-0.25, -0.2) is 0 Å². The molecule has 3 nitrogen and oxygen atoms in total. The predicted octanol–water partition coefficient (Wildman–Crippen LogP) is 0.854. The van der Waals surface area contributed by atoms with Crippen LogP contribution in [0.2, 0.25) is 0 Å². The third kappa shape index (κ3) is 2.08. The Balaban J connectivity index is 1.86. The van der Waals surface area contributed by atoms with Gasteiger partial charge in [0, 0.05) is 19.5 Å². The summed E-state index contributed by atoms with van der Waals surface area (Å²) in [6.45, 7) is 6.51. The Hall–Kier alpha value is -0.570. The fourth-order valence-electron chi connectivity index (χ4n) is 2.48. The quantitative estimate of drug-likeness (QED) is 0.710. The molecule has 0 aromatic heterocycles. The molecule has 0 radical (unpaired) electrons. The second kappa shape index (κ2) is 4.30. The van der Waals surface area contributed by atoms with Gasteiger partial charge in [0.2, 0.25) is 5.91 Å². The van der Waals surface area contributed by atoms with Crippen LogP contribution in [-0.2, 0) is 4.79 Å². The van der Waals surface area contributed by atoms with Crippen molar-refractivity contribution in [3.8, 4) is 0 Å². The Kier molecular flexibility index (Phi) is 3.06. The van der Waals surface area contributed by atoms with Crippen LogP contribution in [0.5, 0.6) is 0 Å². The fraction of sp³-hybridized carbons (Fsp3) is 0.909. The number of carbonyl (C=O) groups is 1. The summed E-state index contributed by atoms with van der Waals surface area (Å²) >= 11 is 0. The lowest BCUT2D eigenvalue weighted by Crippen LogP contribution is -2.42. The largest absolute Gasteiger partial charge is 0.342 e. The Morgan fingerprint density at radius 3 is 3.07 bits per heavy atom. The van der Waals surface area contributed by atoms with E-state index in [0.717, 1.165) is 44.9 Å². The van der Waals surface area contributed by atoms with Gasteiger partial charge in [-0.2, -0.15) is 0 Å². The second-order valence-electron chi connectivity index (χ2n) is 4.67. The summed E-state index contributed by atoms with van der Waals surface area (Å²) in [5.74, 6) is 1.80. The molecule has 2 aliphatic heterocycles. The molecule has 0 saturated carbocycles. The summed E-state index contributed by atoms with van der Waals surface area (Å²) in [6.07, 6.45) is 3.09. The van der Waals surface area contributed by atoms with Gasteiger partial charge in [-0.15, -0.1) is 0 Å². The lowest BCUT2D eigenvalue weighted by atomic mass is 9.88. The van der Waals surface area contributed by atoms with Crippen molar-refractivity contribution in [3.05, 3.63) is 0 Å². The van der Waals surface area contributed by atoms with Crippen molar-refractivity contribution in [2.24, 2.45) is 11.8 Å². The van der Waals surface area contributed by atoms with Gasteiger partial charge in [-0.3, -0.25) is 4.79 Å². The SMILES string of the molecule is CC1CCNCC1CN1CCCC1=O. The summed E-state index contributed by atoms with van der Waals surface area (Å²) in [4.78, 5) is 13.5. The van der Waals surface area contributed by atoms with Crippen molar-refractivity contribution in [1.29, 1.82) is 0 Å². The zero-order chi connectivity index (χ0) is 9.97. The molecule has 2 aliphatic rings. The molecule has 2 atom stereocenters. The average Bonchev–Trinajstić information content (AvgIpc) is 2.56. The van der Waals surface area contributed by atoms with Gasteiger partial charge in [0.1, 0.15) is 0 Å². The Morgan fingerprint density at radius 2 is 2.43 bits per heavy atom. The van der Waals surface area contributed by atoms with Gasteiger partial charge < -0.3 is 10.2 Å². The number of piperidine rings is 1. The summed E-state index contributed by atoms with van der Waals surface area (Å²) in [7, 11) is 0. The van der Waals surface area contributed by atoms with Crippen LogP contribution in [0.3, 0.4) is 0 Å². The van der Waals surface area contributed by atoms with E-state index in [2.05, 4.69) is 12.2 Å². The first-order valence-corrected chi connectivity index (χ1v) is 5.76. The monoisotopic (exact) mass is 196 g/mol. The summed E-state index contributed by atoms with van der Waals surface area (Å²) in [6, 6.07) is 0. The van der Waals surface area contributed by atoms with Crippen LogP contribution in [0.4, 0.5) is 0 Å². The molecule has 0 spiro atoms. The maximum Gasteiger partial charge on any atom is 0.222 e. The van der Waals surface area contributed by atoms with Crippen molar-refractivity contribution >= 4 is 5.91 Å². The van der Waals surface area contributed by atoms with Gasteiger partial charge >= 0.3 is 0 Å². The molecule has 0 aromatic rings. The maximum absolute atomic E-state index is 11.5. The Labute approximate surface area is 85.8 Å². The van der Waals surface area contributed by atoms with Crippen LogP contribution in [0.25, 0.3) is 0 Å². The fourth-order valence-corrected chi connectivity index (χ4v) is 2.48. The van der Waals surface area contributed by atoms with Gasteiger partial charge in [0.05, 0.1) is 0 Å². The average molecular weight is 196 g/mol. The van der Waals surface area contributed by atoms with E-state index in [0.29, 0.717) is 11.8 Å². The van der Waals surface area contributed by atoms with Gasteiger partial charge in [-0.1, -0.05) is 6.92 Å². The molecular formula is C11H20N2O. The molecule has 2 rings (SSSR count). The minimum Gasteiger partial charge on any atom is -0.342 e. The number of nitrogens with zero attached hydrogens (tertiary/aromatic N) is 1. The molecule has 0 bridgehead atoms. The van der Waals surface area contributed by atoms with Crippen molar-refractivity contribution < 1.29 is 4.79 Å². The molecule has 3 heteroatoms. The molecule has 1 amide bonds. The second-order valence-corrected chi connectivity index (χ2v) is 4.67. The highest BCUT2D eigenvalue weighted by Crippen LogP contribution is 2.21. The molecule has 0 aliphatic carbocycles. The van der Waals surface area contributed by atoms with Crippen LogP contribution >= 0.6 is 0 Å². The molecule has 2 saturated heterocycles. The van der Waals surface area contributed by atoms with Crippen molar-refractivity contribution in [3.63, 3.8) is 0 Å². The van der Waals surface area contributed by atoms with Crippen LogP contribution in [0, 0.1) is 11.8 Å². The van der Waals surface area contributed by atoms with E-state index in [1.54, 1.807) is 0 Å². The van der Waals surface area contributed by atoms with Gasteiger partial charge in [-0.05, 0) is 37.8 Å². The third-order valence-corrected chi connectivity index (χ3v) is 3.61. The van der Waals surface area contributed by atoms with E-state index in [1.807, 2.05) is 4.90 Å². The van der Waals surface area contributed by atoms with E-state index < -0.39 is 0 Å². The normalized spacial score (nSPS) is 33.8. The highest BCUT2D eigenvalue weighted by molar-refractivity contribution is 5.78.